The molecule has 0 radical (unpaired) electrons. The molecule has 1 aliphatic rings. The Labute approximate surface area is 114 Å². The Kier molecular flexibility index (Phi) is 4.22. The van der Waals surface area contributed by atoms with Crippen molar-refractivity contribution in [3.8, 4) is 0 Å². The largest absolute Gasteiger partial charge is 0.401 e. The zero-order chi connectivity index (χ0) is 14.8. The standard InChI is InChI=1S/C12H15F3N4O/c1-9-6-17-10(7-16-9)11(20)19-4-2-18(3-5-19)8-12(13,14)15/h6-7H,2-5,8H2,1H3. The third-order valence-electron chi connectivity index (χ3n) is 3.06. The van der Waals surface area contributed by atoms with Crippen LogP contribution in [0.5, 0.6) is 0 Å². The second-order valence-electron chi connectivity index (χ2n) is 4.73. The molecule has 1 fully saturated rings. The summed E-state index contributed by atoms with van der Waals surface area (Å²) < 4.78 is 36.8. The highest BCUT2D eigenvalue weighted by Gasteiger charge is 2.33. The third kappa shape index (κ3) is 3.89. The lowest BCUT2D eigenvalue weighted by Crippen LogP contribution is -2.51. The van der Waals surface area contributed by atoms with Crippen LogP contribution in [0.1, 0.15) is 16.2 Å². The number of hydrogen-bond donors (Lipinski definition) is 0. The summed E-state index contributed by atoms with van der Waals surface area (Å²) in [5, 5.41) is 0. The van der Waals surface area contributed by atoms with Gasteiger partial charge in [0.15, 0.2) is 0 Å². The first kappa shape index (κ1) is 14.7. The molecule has 0 bridgehead atoms. The zero-order valence-electron chi connectivity index (χ0n) is 11.0. The summed E-state index contributed by atoms with van der Waals surface area (Å²) in [4.78, 5) is 22.9. The molecule has 0 spiro atoms. The number of halogens is 3. The predicted octanol–water partition coefficient (Wildman–Crippen LogP) is 1.11. The number of rotatable bonds is 2. The Hall–Kier alpha value is -1.70. The van der Waals surface area contributed by atoms with Gasteiger partial charge in [-0.3, -0.25) is 14.7 Å². The van der Waals surface area contributed by atoms with E-state index in [2.05, 4.69) is 9.97 Å². The summed E-state index contributed by atoms with van der Waals surface area (Å²) in [6.07, 6.45) is -1.32. The molecule has 1 saturated heterocycles. The van der Waals surface area contributed by atoms with E-state index in [1.807, 2.05) is 0 Å². The Morgan fingerprint density at radius 1 is 1.20 bits per heavy atom. The van der Waals surface area contributed by atoms with Gasteiger partial charge in [0, 0.05) is 32.4 Å². The fraction of sp³-hybridized carbons (Fsp3) is 0.583. The SMILES string of the molecule is Cc1cnc(C(=O)N2CCN(CC(F)(F)F)CC2)cn1. The molecule has 0 aromatic carbocycles. The molecule has 8 heteroatoms. The van der Waals surface area contributed by atoms with E-state index in [9.17, 15) is 18.0 Å². The number of carbonyl (C=O) groups excluding carboxylic acids is 1. The fourth-order valence-electron chi connectivity index (χ4n) is 2.03. The van der Waals surface area contributed by atoms with Gasteiger partial charge in [0.1, 0.15) is 5.69 Å². The number of amides is 1. The highest BCUT2D eigenvalue weighted by molar-refractivity contribution is 5.92. The van der Waals surface area contributed by atoms with Gasteiger partial charge in [-0.2, -0.15) is 13.2 Å². The summed E-state index contributed by atoms with van der Waals surface area (Å²) in [7, 11) is 0. The second-order valence-corrected chi connectivity index (χ2v) is 4.73. The third-order valence-corrected chi connectivity index (χ3v) is 3.06. The van der Waals surface area contributed by atoms with Gasteiger partial charge in [0.25, 0.3) is 5.91 Å². The smallest absolute Gasteiger partial charge is 0.335 e. The van der Waals surface area contributed by atoms with E-state index >= 15 is 0 Å². The van der Waals surface area contributed by atoms with Gasteiger partial charge in [0.2, 0.25) is 0 Å². The van der Waals surface area contributed by atoms with Gasteiger partial charge in [0.05, 0.1) is 18.4 Å². The quantitative estimate of drug-likeness (QED) is 0.818. The second kappa shape index (κ2) is 5.74. The van der Waals surface area contributed by atoms with Crippen LogP contribution in [-0.2, 0) is 0 Å². The molecule has 2 rings (SSSR count). The van der Waals surface area contributed by atoms with Gasteiger partial charge in [-0.05, 0) is 6.92 Å². The molecule has 1 aromatic heterocycles. The van der Waals surface area contributed by atoms with Crippen LogP contribution in [-0.4, -0.2) is 64.6 Å². The monoisotopic (exact) mass is 288 g/mol. The van der Waals surface area contributed by atoms with E-state index in [0.29, 0.717) is 5.69 Å². The van der Waals surface area contributed by atoms with Crippen molar-refractivity contribution in [1.29, 1.82) is 0 Å². The van der Waals surface area contributed by atoms with E-state index in [4.69, 9.17) is 0 Å². The van der Waals surface area contributed by atoms with Gasteiger partial charge in [-0.15, -0.1) is 0 Å². The Balaban J connectivity index is 1.90. The lowest BCUT2D eigenvalue weighted by molar-refractivity contribution is -0.148. The molecule has 2 heterocycles. The predicted molar refractivity (Wildman–Crippen MR) is 65.2 cm³/mol. The summed E-state index contributed by atoms with van der Waals surface area (Å²) in [5.74, 6) is -0.288. The minimum atomic E-state index is -4.20. The molecule has 110 valence electrons. The first-order valence-corrected chi connectivity index (χ1v) is 6.22. The van der Waals surface area contributed by atoms with E-state index in [1.165, 1.54) is 22.2 Å². The van der Waals surface area contributed by atoms with Crippen LogP contribution in [0.3, 0.4) is 0 Å². The molecule has 20 heavy (non-hydrogen) atoms. The minimum absolute atomic E-state index is 0.213. The molecular formula is C12H15F3N4O. The maximum atomic E-state index is 12.3. The lowest BCUT2D eigenvalue weighted by Gasteiger charge is -2.34. The van der Waals surface area contributed by atoms with Gasteiger partial charge in [-0.25, -0.2) is 4.98 Å². The first-order valence-electron chi connectivity index (χ1n) is 6.22. The van der Waals surface area contributed by atoms with Crippen molar-refractivity contribution in [2.75, 3.05) is 32.7 Å². The minimum Gasteiger partial charge on any atom is -0.335 e. The maximum Gasteiger partial charge on any atom is 0.401 e. The van der Waals surface area contributed by atoms with Crippen molar-refractivity contribution < 1.29 is 18.0 Å². The summed E-state index contributed by atoms with van der Waals surface area (Å²) in [6.45, 7) is 1.79. The molecule has 0 unspecified atom stereocenters. The van der Waals surface area contributed by atoms with Crippen molar-refractivity contribution >= 4 is 5.91 Å². The van der Waals surface area contributed by atoms with Crippen molar-refractivity contribution in [2.24, 2.45) is 0 Å². The van der Waals surface area contributed by atoms with Crippen LogP contribution in [0.15, 0.2) is 12.4 Å². The Morgan fingerprint density at radius 2 is 1.85 bits per heavy atom. The molecule has 0 N–H and O–H groups in total. The van der Waals surface area contributed by atoms with Gasteiger partial charge in [-0.1, -0.05) is 0 Å². The van der Waals surface area contributed by atoms with E-state index in [1.54, 1.807) is 6.92 Å². The molecule has 1 amide bonds. The number of aromatic nitrogens is 2. The number of nitrogens with zero attached hydrogens (tertiary/aromatic N) is 4. The Morgan fingerprint density at radius 3 is 2.35 bits per heavy atom. The lowest BCUT2D eigenvalue weighted by atomic mass is 10.2. The number of alkyl halides is 3. The van der Waals surface area contributed by atoms with Crippen LogP contribution in [0, 0.1) is 6.92 Å². The van der Waals surface area contributed by atoms with E-state index in [0.717, 1.165) is 0 Å². The molecule has 1 aliphatic heterocycles. The van der Waals surface area contributed by atoms with Crippen LogP contribution in [0.2, 0.25) is 0 Å². The number of aryl methyl sites for hydroxylation is 1. The van der Waals surface area contributed by atoms with Crippen molar-refractivity contribution in [3.05, 3.63) is 23.8 Å². The molecule has 5 nitrogen and oxygen atoms in total. The number of hydrogen-bond acceptors (Lipinski definition) is 4. The first-order chi connectivity index (χ1) is 9.35. The Bertz CT molecular complexity index is 467. The number of piperazine rings is 1. The number of carbonyl (C=O) groups is 1. The van der Waals surface area contributed by atoms with Gasteiger partial charge < -0.3 is 4.90 Å². The van der Waals surface area contributed by atoms with Crippen LogP contribution >= 0.6 is 0 Å². The average molecular weight is 288 g/mol. The molecule has 0 saturated carbocycles. The molecule has 0 atom stereocenters. The van der Waals surface area contributed by atoms with Crippen molar-refractivity contribution in [1.82, 2.24) is 19.8 Å². The molecule has 0 aliphatic carbocycles. The van der Waals surface area contributed by atoms with Crippen LogP contribution < -0.4 is 0 Å². The normalized spacial score (nSPS) is 17.3. The topological polar surface area (TPSA) is 49.3 Å². The van der Waals surface area contributed by atoms with Gasteiger partial charge >= 0.3 is 6.18 Å². The summed E-state index contributed by atoms with van der Waals surface area (Å²) in [6, 6.07) is 0. The van der Waals surface area contributed by atoms with Crippen molar-refractivity contribution in [3.63, 3.8) is 0 Å². The highest BCUT2D eigenvalue weighted by Crippen LogP contribution is 2.17. The molecular weight excluding hydrogens is 273 g/mol. The molecule has 1 aromatic rings. The zero-order valence-corrected chi connectivity index (χ0v) is 11.0. The van der Waals surface area contributed by atoms with Crippen LogP contribution in [0.4, 0.5) is 13.2 Å². The fourth-order valence-corrected chi connectivity index (χ4v) is 2.03. The maximum absolute atomic E-state index is 12.3. The highest BCUT2D eigenvalue weighted by atomic mass is 19.4. The summed E-state index contributed by atoms with van der Waals surface area (Å²) >= 11 is 0. The van der Waals surface area contributed by atoms with E-state index in [-0.39, 0.29) is 37.8 Å². The average Bonchev–Trinajstić information content (AvgIpc) is 2.38. The van der Waals surface area contributed by atoms with E-state index < -0.39 is 12.7 Å². The van der Waals surface area contributed by atoms with Crippen LogP contribution in [0.25, 0.3) is 0 Å². The summed E-state index contributed by atoms with van der Waals surface area (Å²) in [5.41, 5.74) is 0.927. The van der Waals surface area contributed by atoms with Crippen molar-refractivity contribution in [2.45, 2.75) is 13.1 Å².